The van der Waals surface area contributed by atoms with Crippen molar-refractivity contribution in [1.82, 2.24) is 9.80 Å². The lowest BCUT2D eigenvalue weighted by Crippen LogP contribution is -2.41. The van der Waals surface area contributed by atoms with Crippen LogP contribution in [-0.4, -0.2) is 57.2 Å². The van der Waals surface area contributed by atoms with Crippen molar-refractivity contribution in [3.63, 3.8) is 0 Å². The van der Waals surface area contributed by atoms with Crippen molar-refractivity contribution < 1.29 is 4.74 Å². The van der Waals surface area contributed by atoms with Crippen molar-refractivity contribution >= 4 is 0 Å². The smallest absolute Gasteiger partial charge is 0.118 e. The second-order valence-electron chi connectivity index (χ2n) is 5.32. The molecule has 0 bridgehead atoms. The second-order valence-corrected chi connectivity index (χ2v) is 5.32. The van der Waals surface area contributed by atoms with Crippen LogP contribution < -0.4 is 10.5 Å². The first-order chi connectivity index (χ1) is 8.95. The molecule has 1 rings (SSSR count). The topological polar surface area (TPSA) is 41.7 Å². The quantitative estimate of drug-likeness (QED) is 0.813. The normalized spacial score (nSPS) is 14.7. The highest BCUT2D eigenvalue weighted by Gasteiger charge is 2.19. The maximum Gasteiger partial charge on any atom is 0.118 e. The summed E-state index contributed by atoms with van der Waals surface area (Å²) in [4.78, 5) is 4.48. The minimum atomic E-state index is 0.0121. The van der Waals surface area contributed by atoms with Gasteiger partial charge in [-0.15, -0.1) is 0 Å². The molecule has 2 N–H and O–H groups in total. The van der Waals surface area contributed by atoms with Crippen LogP contribution in [0.3, 0.4) is 0 Å². The number of likely N-dealkylation sites (N-methyl/N-ethyl adjacent to an activating group) is 2. The van der Waals surface area contributed by atoms with Crippen molar-refractivity contribution in [2.45, 2.75) is 19.0 Å². The van der Waals surface area contributed by atoms with Gasteiger partial charge < -0.3 is 20.3 Å². The SMILES string of the molecule is COc1ccc(C(N)C(C)N(C)CCN(C)C)cc1. The molecule has 0 amide bonds. The Morgan fingerprint density at radius 3 is 2.16 bits per heavy atom. The molecule has 2 atom stereocenters. The first-order valence-corrected chi connectivity index (χ1v) is 6.70. The van der Waals surface area contributed by atoms with Gasteiger partial charge >= 0.3 is 0 Å². The summed E-state index contributed by atoms with van der Waals surface area (Å²) in [6.45, 7) is 4.22. The number of methoxy groups -OCH3 is 1. The molecule has 0 heterocycles. The molecule has 1 aromatic carbocycles. The number of nitrogens with two attached hydrogens (primary N) is 1. The lowest BCUT2D eigenvalue weighted by atomic mass is 10.0. The standard InChI is InChI=1S/C15H27N3O/c1-12(18(4)11-10-17(2)3)15(16)13-6-8-14(19-5)9-7-13/h6-9,12,15H,10-11,16H2,1-5H3. The monoisotopic (exact) mass is 265 g/mol. The van der Waals surface area contributed by atoms with Gasteiger partial charge in [0.2, 0.25) is 0 Å². The zero-order chi connectivity index (χ0) is 14.4. The fourth-order valence-corrected chi connectivity index (χ4v) is 1.94. The average molecular weight is 265 g/mol. The maximum absolute atomic E-state index is 6.34. The molecule has 4 heteroatoms. The van der Waals surface area contributed by atoms with Gasteiger partial charge in [0.25, 0.3) is 0 Å². The van der Waals surface area contributed by atoms with Crippen LogP contribution in [0.1, 0.15) is 18.5 Å². The van der Waals surface area contributed by atoms with E-state index in [1.165, 1.54) is 0 Å². The van der Waals surface area contributed by atoms with Gasteiger partial charge in [0.15, 0.2) is 0 Å². The molecule has 0 aliphatic rings. The number of ether oxygens (including phenoxy) is 1. The zero-order valence-electron chi connectivity index (χ0n) is 12.8. The van der Waals surface area contributed by atoms with Gasteiger partial charge in [-0.05, 0) is 45.8 Å². The highest BCUT2D eigenvalue weighted by molar-refractivity contribution is 5.29. The molecular weight excluding hydrogens is 238 g/mol. The Bertz CT molecular complexity index is 364. The first kappa shape index (κ1) is 16.0. The molecule has 108 valence electrons. The van der Waals surface area contributed by atoms with Crippen LogP contribution in [0.4, 0.5) is 0 Å². The van der Waals surface area contributed by atoms with Crippen LogP contribution in [0.15, 0.2) is 24.3 Å². The molecule has 0 aliphatic carbocycles. The fourth-order valence-electron chi connectivity index (χ4n) is 1.94. The van der Waals surface area contributed by atoms with E-state index in [1.807, 2.05) is 24.3 Å². The Morgan fingerprint density at radius 1 is 1.11 bits per heavy atom. The van der Waals surface area contributed by atoms with Gasteiger partial charge in [-0.3, -0.25) is 0 Å². The number of nitrogens with zero attached hydrogens (tertiary/aromatic N) is 2. The maximum atomic E-state index is 6.34. The van der Waals surface area contributed by atoms with Crippen molar-refractivity contribution in [2.24, 2.45) is 5.73 Å². The van der Waals surface area contributed by atoms with Crippen LogP contribution in [0.25, 0.3) is 0 Å². The first-order valence-electron chi connectivity index (χ1n) is 6.70. The minimum absolute atomic E-state index is 0.0121. The molecule has 2 unspecified atom stereocenters. The molecule has 0 saturated heterocycles. The van der Waals surface area contributed by atoms with E-state index in [4.69, 9.17) is 10.5 Å². The second kappa shape index (κ2) is 7.48. The molecule has 0 aromatic heterocycles. The van der Waals surface area contributed by atoms with E-state index in [0.717, 1.165) is 24.4 Å². The van der Waals surface area contributed by atoms with Gasteiger partial charge in [-0.25, -0.2) is 0 Å². The van der Waals surface area contributed by atoms with Gasteiger partial charge in [-0.1, -0.05) is 12.1 Å². The molecule has 0 saturated carbocycles. The summed E-state index contributed by atoms with van der Waals surface area (Å²) < 4.78 is 5.17. The molecular formula is C15H27N3O. The summed E-state index contributed by atoms with van der Waals surface area (Å²) in [5.74, 6) is 0.865. The summed E-state index contributed by atoms with van der Waals surface area (Å²) in [5, 5.41) is 0. The Morgan fingerprint density at radius 2 is 1.68 bits per heavy atom. The number of rotatable bonds is 7. The number of benzene rings is 1. The Kier molecular flexibility index (Phi) is 6.28. The Balaban J connectivity index is 2.61. The number of hydrogen-bond donors (Lipinski definition) is 1. The van der Waals surface area contributed by atoms with E-state index in [9.17, 15) is 0 Å². The molecule has 1 aromatic rings. The minimum Gasteiger partial charge on any atom is -0.497 e. The molecule has 4 nitrogen and oxygen atoms in total. The lowest BCUT2D eigenvalue weighted by Gasteiger charge is -2.30. The van der Waals surface area contributed by atoms with Crippen molar-refractivity contribution in [3.05, 3.63) is 29.8 Å². The highest BCUT2D eigenvalue weighted by atomic mass is 16.5. The van der Waals surface area contributed by atoms with Gasteiger partial charge in [0, 0.05) is 25.2 Å². The largest absolute Gasteiger partial charge is 0.497 e. The Labute approximate surface area is 117 Å². The fraction of sp³-hybridized carbons (Fsp3) is 0.600. The zero-order valence-corrected chi connectivity index (χ0v) is 12.8. The summed E-state index contributed by atoms with van der Waals surface area (Å²) in [6, 6.07) is 8.31. The Hall–Kier alpha value is -1.10. The predicted molar refractivity (Wildman–Crippen MR) is 80.6 cm³/mol. The van der Waals surface area contributed by atoms with Gasteiger partial charge in [-0.2, -0.15) is 0 Å². The molecule has 0 radical (unpaired) electrons. The van der Waals surface area contributed by atoms with E-state index in [1.54, 1.807) is 7.11 Å². The summed E-state index contributed by atoms with van der Waals surface area (Å²) >= 11 is 0. The van der Waals surface area contributed by atoms with E-state index in [-0.39, 0.29) is 6.04 Å². The van der Waals surface area contributed by atoms with Crippen molar-refractivity contribution in [1.29, 1.82) is 0 Å². The summed E-state index contributed by atoms with van der Waals surface area (Å²) in [6.07, 6.45) is 0. The van der Waals surface area contributed by atoms with Crippen LogP contribution in [0.2, 0.25) is 0 Å². The van der Waals surface area contributed by atoms with E-state index >= 15 is 0 Å². The van der Waals surface area contributed by atoms with Crippen molar-refractivity contribution in [2.75, 3.05) is 41.3 Å². The van der Waals surface area contributed by atoms with Gasteiger partial charge in [0.05, 0.1) is 7.11 Å². The average Bonchev–Trinajstić information content (AvgIpc) is 2.43. The molecule has 0 fully saturated rings. The number of hydrogen-bond acceptors (Lipinski definition) is 4. The molecule has 19 heavy (non-hydrogen) atoms. The van der Waals surface area contributed by atoms with Crippen LogP contribution >= 0.6 is 0 Å². The van der Waals surface area contributed by atoms with Crippen LogP contribution in [0, 0.1) is 0 Å². The summed E-state index contributed by atoms with van der Waals surface area (Å²) in [7, 11) is 7.97. The van der Waals surface area contributed by atoms with Crippen LogP contribution in [-0.2, 0) is 0 Å². The predicted octanol–water partition coefficient (Wildman–Crippen LogP) is 1.58. The van der Waals surface area contributed by atoms with E-state index in [2.05, 4.69) is 37.9 Å². The van der Waals surface area contributed by atoms with Crippen LogP contribution in [0.5, 0.6) is 5.75 Å². The van der Waals surface area contributed by atoms with E-state index < -0.39 is 0 Å². The lowest BCUT2D eigenvalue weighted by molar-refractivity contribution is 0.205. The highest BCUT2D eigenvalue weighted by Crippen LogP contribution is 2.20. The third-order valence-electron chi connectivity index (χ3n) is 3.62. The van der Waals surface area contributed by atoms with Crippen molar-refractivity contribution in [3.8, 4) is 5.75 Å². The third-order valence-corrected chi connectivity index (χ3v) is 3.62. The van der Waals surface area contributed by atoms with Gasteiger partial charge in [0.1, 0.15) is 5.75 Å². The third kappa shape index (κ3) is 4.82. The molecule has 0 spiro atoms. The molecule has 0 aliphatic heterocycles. The van der Waals surface area contributed by atoms with E-state index in [0.29, 0.717) is 6.04 Å². The summed E-state index contributed by atoms with van der Waals surface area (Å²) in [5.41, 5.74) is 7.48.